The molecule has 0 saturated carbocycles. The number of hydrogen-bond acceptors (Lipinski definition) is 5. The zero-order valence-electron chi connectivity index (χ0n) is 18.4. The lowest BCUT2D eigenvalue weighted by molar-refractivity contribution is 0.0940. The Morgan fingerprint density at radius 2 is 1.76 bits per heavy atom. The van der Waals surface area contributed by atoms with E-state index in [1.807, 2.05) is 61.5 Å². The van der Waals surface area contributed by atoms with E-state index in [0.29, 0.717) is 34.6 Å². The van der Waals surface area contributed by atoms with E-state index in [-0.39, 0.29) is 11.9 Å². The van der Waals surface area contributed by atoms with Crippen molar-refractivity contribution in [1.29, 1.82) is 0 Å². The molecule has 166 valence electrons. The van der Waals surface area contributed by atoms with Crippen molar-refractivity contribution < 1.29 is 9.21 Å². The molecule has 0 aliphatic rings. The van der Waals surface area contributed by atoms with Crippen LogP contribution in [-0.2, 0) is 13.0 Å². The first-order chi connectivity index (χ1) is 16.1. The molecule has 0 spiro atoms. The van der Waals surface area contributed by atoms with Crippen LogP contribution in [0.1, 0.15) is 35.0 Å². The fourth-order valence-electron chi connectivity index (χ4n) is 4.06. The van der Waals surface area contributed by atoms with E-state index in [1.54, 1.807) is 10.8 Å². The van der Waals surface area contributed by atoms with Crippen LogP contribution >= 0.6 is 0 Å². The normalized spacial score (nSPS) is 12.3. The first-order valence-electron chi connectivity index (χ1n) is 11.0. The highest BCUT2D eigenvalue weighted by Crippen LogP contribution is 2.29. The second kappa shape index (κ2) is 8.78. The van der Waals surface area contributed by atoms with Crippen molar-refractivity contribution in [1.82, 2.24) is 19.9 Å². The third kappa shape index (κ3) is 4.17. The third-order valence-electron chi connectivity index (χ3n) is 5.80. The number of nitrogens with one attached hydrogen (secondary N) is 1. The SMILES string of the molecule is CC(CCc1ccccc1)NC(=O)c1c(N)n(Cc2ccco2)c2nc3ccccc3nc12. The first-order valence-corrected chi connectivity index (χ1v) is 11.0. The first kappa shape index (κ1) is 20.8. The molecule has 3 heterocycles. The molecule has 0 radical (unpaired) electrons. The van der Waals surface area contributed by atoms with E-state index in [0.717, 1.165) is 24.1 Å². The van der Waals surface area contributed by atoms with Gasteiger partial charge in [0.25, 0.3) is 5.91 Å². The molecule has 7 nitrogen and oxygen atoms in total. The molecule has 3 N–H and O–H groups in total. The molecule has 0 aliphatic heterocycles. The molecule has 1 amide bonds. The Morgan fingerprint density at radius 1 is 1.03 bits per heavy atom. The van der Waals surface area contributed by atoms with Crippen molar-refractivity contribution in [3.63, 3.8) is 0 Å². The Hall–Kier alpha value is -4.13. The molecular weight excluding hydrogens is 414 g/mol. The maximum absolute atomic E-state index is 13.4. The molecule has 33 heavy (non-hydrogen) atoms. The number of aryl methyl sites for hydroxylation is 1. The molecule has 1 atom stereocenters. The van der Waals surface area contributed by atoms with Crippen molar-refractivity contribution in [2.24, 2.45) is 0 Å². The summed E-state index contributed by atoms with van der Waals surface area (Å²) in [7, 11) is 0. The minimum atomic E-state index is -0.249. The van der Waals surface area contributed by atoms with Gasteiger partial charge in [0.15, 0.2) is 5.65 Å². The van der Waals surface area contributed by atoms with Crippen LogP contribution in [0.4, 0.5) is 5.82 Å². The zero-order valence-corrected chi connectivity index (χ0v) is 18.4. The second-order valence-corrected chi connectivity index (χ2v) is 8.21. The molecule has 0 bridgehead atoms. The summed E-state index contributed by atoms with van der Waals surface area (Å²) in [6.07, 6.45) is 3.30. The summed E-state index contributed by atoms with van der Waals surface area (Å²) in [6.45, 7) is 2.36. The van der Waals surface area contributed by atoms with E-state index < -0.39 is 0 Å². The van der Waals surface area contributed by atoms with E-state index in [1.165, 1.54) is 5.56 Å². The number of carbonyl (C=O) groups excluding carboxylic acids is 1. The van der Waals surface area contributed by atoms with E-state index in [2.05, 4.69) is 17.4 Å². The Balaban J connectivity index is 1.48. The van der Waals surface area contributed by atoms with Crippen LogP contribution in [0.3, 0.4) is 0 Å². The van der Waals surface area contributed by atoms with Crippen molar-refractivity contribution in [2.45, 2.75) is 32.4 Å². The van der Waals surface area contributed by atoms with Crippen molar-refractivity contribution in [3.05, 3.63) is 89.9 Å². The number of furan rings is 1. The fourth-order valence-corrected chi connectivity index (χ4v) is 4.06. The molecular formula is C26H25N5O2. The molecule has 0 fully saturated rings. The quantitative estimate of drug-likeness (QED) is 0.387. The molecule has 0 aliphatic carbocycles. The van der Waals surface area contributed by atoms with E-state index in [9.17, 15) is 4.79 Å². The average Bonchev–Trinajstić information content (AvgIpc) is 3.43. The lowest BCUT2D eigenvalue weighted by Gasteiger charge is -2.14. The molecule has 7 heteroatoms. The highest BCUT2D eigenvalue weighted by Gasteiger charge is 2.25. The number of nitrogen functional groups attached to an aromatic ring is 1. The summed E-state index contributed by atoms with van der Waals surface area (Å²) in [4.78, 5) is 22.9. The number of benzene rings is 2. The summed E-state index contributed by atoms with van der Waals surface area (Å²) in [5.41, 5.74) is 10.6. The van der Waals surface area contributed by atoms with Crippen LogP contribution in [0, 0.1) is 0 Å². The predicted octanol–water partition coefficient (Wildman–Crippen LogP) is 4.56. The lowest BCUT2D eigenvalue weighted by atomic mass is 10.1. The van der Waals surface area contributed by atoms with Gasteiger partial charge in [0.05, 0.1) is 23.8 Å². The number of rotatable bonds is 7. The zero-order chi connectivity index (χ0) is 22.8. The Morgan fingerprint density at radius 3 is 2.48 bits per heavy atom. The maximum atomic E-state index is 13.4. The summed E-state index contributed by atoms with van der Waals surface area (Å²) in [5, 5.41) is 3.10. The predicted molar refractivity (Wildman–Crippen MR) is 129 cm³/mol. The number of amides is 1. The molecule has 3 aromatic heterocycles. The van der Waals surface area contributed by atoms with Crippen molar-refractivity contribution in [3.8, 4) is 0 Å². The molecule has 1 unspecified atom stereocenters. The van der Waals surface area contributed by atoms with Gasteiger partial charge >= 0.3 is 0 Å². The fraction of sp³-hybridized carbons (Fsp3) is 0.192. The Bertz CT molecular complexity index is 1410. The maximum Gasteiger partial charge on any atom is 0.257 e. The van der Waals surface area contributed by atoms with Gasteiger partial charge in [-0.3, -0.25) is 4.79 Å². The molecule has 0 saturated heterocycles. The van der Waals surface area contributed by atoms with Crippen LogP contribution < -0.4 is 11.1 Å². The number of fused-ring (bicyclic) bond motifs is 2. The smallest absolute Gasteiger partial charge is 0.257 e. The van der Waals surface area contributed by atoms with Gasteiger partial charge in [-0.1, -0.05) is 42.5 Å². The van der Waals surface area contributed by atoms with Gasteiger partial charge in [-0.05, 0) is 49.6 Å². The van der Waals surface area contributed by atoms with Crippen molar-refractivity contribution in [2.75, 3.05) is 5.73 Å². The van der Waals surface area contributed by atoms with Crippen LogP contribution in [0.2, 0.25) is 0 Å². The highest BCUT2D eigenvalue weighted by atomic mass is 16.3. The molecule has 5 aromatic rings. The van der Waals surface area contributed by atoms with E-state index in [4.69, 9.17) is 20.1 Å². The third-order valence-corrected chi connectivity index (χ3v) is 5.80. The lowest BCUT2D eigenvalue weighted by Crippen LogP contribution is -2.33. The summed E-state index contributed by atoms with van der Waals surface area (Å²) < 4.78 is 7.30. The van der Waals surface area contributed by atoms with Crippen LogP contribution in [0.5, 0.6) is 0 Å². The summed E-state index contributed by atoms with van der Waals surface area (Å²) in [6, 6.07) is 21.5. The van der Waals surface area contributed by atoms with Gasteiger partial charge in [-0.2, -0.15) is 0 Å². The number of para-hydroxylation sites is 2. The largest absolute Gasteiger partial charge is 0.467 e. The van der Waals surface area contributed by atoms with Gasteiger partial charge < -0.3 is 20.0 Å². The van der Waals surface area contributed by atoms with Crippen molar-refractivity contribution >= 4 is 33.9 Å². The minimum Gasteiger partial charge on any atom is -0.467 e. The average molecular weight is 440 g/mol. The van der Waals surface area contributed by atoms with Crippen LogP contribution in [-0.4, -0.2) is 26.5 Å². The summed E-state index contributed by atoms with van der Waals surface area (Å²) >= 11 is 0. The molecule has 2 aromatic carbocycles. The van der Waals surface area contributed by atoms with Gasteiger partial charge in [0.1, 0.15) is 22.7 Å². The van der Waals surface area contributed by atoms with Crippen LogP contribution in [0.25, 0.3) is 22.2 Å². The monoisotopic (exact) mass is 439 g/mol. The standard InChI is InChI=1S/C26H25N5O2/c1-17(13-14-18-8-3-2-4-9-18)28-26(32)22-23-25(30-21-12-6-5-11-20(21)29-23)31(24(22)27)16-19-10-7-15-33-19/h2-12,15,17H,13-14,16,27H2,1H3,(H,28,32). The Labute approximate surface area is 191 Å². The minimum absolute atomic E-state index is 0.0333. The van der Waals surface area contributed by atoms with Crippen LogP contribution in [0.15, 0.2) is 77.4 Å². The topological polar surface area (TPSA) is 99.0 Å². The number of hydrogen-bond donors (Lipinski definition) is 2. The van der Waals surface area contributed by atoms with Gasteiger partial charge in [-0.25, -0.2) is 9.97 Å². The molecule has 5 rings (SSSR count). The number of aromatic nitrogens is 3. The van der Waals surface area contributed by atoms with E-state index >= 15 is 0 Å². The number of carbonyl (C=O) groups is 1. The Kier molecular flexibility index (Phi) is 5.52. The van der Waals surface area contributed by atoms with Gasteiger partial charge in [-0.15, -0.1) is 0 Å². The second-order valence-electron chi connectivity index (χ2n) is 8.21. The number of nitrogens with two attached hydrogens (primary N) is 1. The van der Waals surface area contributed by atoms with Gasteiger partial charge in [0, 0.05) is 6.04 Å². The van der Waals surface area contributed by atoms with Gasteiger partial charge in [0.2, 0.25) is 0 Å². The highest BCUT2D eigenvalue weighted by molar-refractivity contribution is 6.10. The summed E-state index contributed by atoms with van der Waals surface area (Å²) in [5.74, 6) is 0.794. The number of nitrogens with zero attached hydrogens (tertiary/aromatic N) is 3. The number of anilines is 1.